The van der Waals surface area contributed by atoms with Crippen molar-refractivity contribution in [2.45, 2.75) is 12.5 Å². The van der Waals surface area contributed by atoms with Crippen LogP contribution in [0.1, 0.15) is 18.0 Å². The Bertz CT molecular complexity index is 360. The molecule has 0 aliphatic heterocycles. The highest BCUT2D eigenvalue weighted by atomic mass is 35.5. The van der Waals surface area contributed by atoms with Gasteiger partial charge in [-0.3, -0.25) is 0 Å². The van der Waals surface area contributed by atoms with Crippen LogP contribution in [0.3, 0.4) is 0 Å². The maximum absolute atomic E-state index is 6.07. The standard InChI is InChI=1S/C13H20ClNO3/c1-16-7-8-18-6-5-12(15)10-3-4-11(14)13(9-10)17-2/h3-4,9,12H,5-8,15H2,1-2H3. The summed E-state index contributed by atoms with van der Waals surface area (Å²) in [6.07, 6.45) is 0.745. The summed E-state index contributed by atoms with van der Waals surface area (Å²) in [7, 11) is 3.24. The maximum atomic E-state index is 6.07. The molecule has 4 nitrogen and oxygen atoms in total. The zero-order valence-electron chi connectivity index (χ0n) is 10.8. The van der Waals surface area contributed by atoms with Crippen molar-refractivity contribution in [3.63, 3.8) is 0 Å². The molecule has 0 bridgehead atoms. The second-order valence-electron chi connectivity index (χ2n) is 3.89. The number of ether oxygens (including phenoxy) is 3. The largest absolute Gasteiger partial charge is 0.495 e. The lowest BCUT2D eigenvalue weighted by Gasteiger charge is -2.14. The zero-order valence-corrected chi connectivity index (χ0v) is 11.6. The number of halogens is 1. The summed E-state index contributed by atoms with van der Waals surface area (Å²) in [5.41, 5.74) is 7.07. The summed E-state index contributed by atoms with van der Waals surface area (Å²) in [6.45, 7) is 1.80. The van der Waals surface area contributed by atoms with E-state index < -0.39 is 0 Å². The van der Waals surface area contributed by atoms with Gasteiger partial charge >= 0.3 is 0 Å². The molecule has 18 heavy (non-hydrogen) atoms. The molecule has 1 atom stereocenters. The smallest absolute Gasteiger partial charge is 0.137 e. The van der Waals surface area contributed by atoms with E-state index in [1.165, 1.54) is 0 Å². The van der Waals surface area contributed by atoms with Crippen molar-refractivity contribution in [1.82, 2.24) is 0 Å². The summed E-state index contributed by atoms with van der Waals surface area (Å²) in [5, 5.41) is 0.588. The number of benzene rings is 1. The van der Waals surface area contributed by atoms with Crippen LogP contribution in [0.15, 0.2) is 18.2 Å². The molecular weight excluding hydrogens is 254 g/mol. The molecule has 0 saturated carbocycles. The van der Waals surface area contributed by atoms with Crippen LogP contribution in [-0.2, 0) is 9.47 Å². The molecule has 5 heteroatoms. The monoisotopic (exact) mass is 273 g/mol. The van der Waals surface area contributed by atoms with Crippen LogP contribution in [0.25, 0.3) is 0 Å². The van der Waals surface area contributed by atoms with E-state index in [1.807, 2.05) is 12.1 Å². The van der Waals surface area contributed by atoms with Crippen LogP contribution < -0.4 is 10.5 Å². The van der Waals surface area contributed by atoms with E-state index in [0.29, 0.717) is 30.6 Å². The molecule has 0 radical (unpaired) electrons. The van der Waals surface area contributed by atoms with Crippen molar-refractivity contribution in [2.24, 2.45) is 5.73 Å². The van der Waals surface area contributed by atoms with E-state index in [4.69, 9.17) is 31.5 Å². The van der Waals surface area contributed by atoms with Crippen molar-refractivity contribution in [3.8, 4) is 5.75 Å². The molecule has 0 amide bonds. The van der Waals surface area contributed by atoms with Crippen molar-refractivity contribution in [2.75, 3.05) is 34.0 Å². The minimum atomic E-state index is -0.0845. The fourth-order valence-corrected chi connectivity index (χ4v) is 1.72. The second kappa shape index (κ2) is 8.32. The lowest BCUT2D eigenvalue weighted by Crippen LogP contribution is -2.14. The van der Waals surface area contributed by atoms with E-state index in [-0.39, 0.29) is 6.04 Å². The van der Waals surface area contributed by atoms with E-state index in [2.05, 4.69) is 0 Å². The first-order chi connectivity index (χ1) is 8.69. The molecule has 0 fully saturated rings. The Kier molecular flexibility index (Phi) is 7.05. The van der Waals surface area contributed by atoms with Crippen LogP contribution in [0, 0.1) is 0 Å². The molecule has 0 saturated heterocycles. The number of hydrogen-bond donors (Lipinski definition) is 1. The van der Waals surface area contributed by atoms with Crippen molar-refractivity contribution < 1.29 is 14.2 Å². The normalized spacial score (nSPS) is 12.4. The van der Waals surface area contributed by atoms with E-state index in [1.54, 1.807) is 20.3 Å². The molecule has 102 valence electrons. The van der Waals surface area contributed by atoms with Gasteiger partial charge in [-0.05, 0) is 24.1 Å². The van der Waals surface area contributed by atoms with Gasteiger partial charge < -0.3 is 19.9 Å². The molecule has 1 aromatic rings. The van der Waals surface area contributed by atoms with Gasteiger partial charge in [0.2, 0.25) is 0 Å². The Labute approximate surface area is 113 Å². The fourth-order valence-electron chi connectivity index (χ4n) is 1.53. The molecule has 2 N–H and O–H groups in total. The molecule has 0 aromatic heterocycles. The summed E-state index contributed by atoms with van der Waals surface area (Å²) in [6, 6.07) is 5.48. The van der Waals surface area contributed by atoms with Crippen LogP contribution in [0.4, 0.5) is 0 Å². The molecule has 0 aliphatic carbocycles. The molecule has 0 heterocycles. The molecule has 0 aliphatic rings. The number of hydrogen-bond acceptors (Lipinski definition) is 4. The van der Waals surface area contributed by atoms with Gasteiger partial charge in [0.25, 0.3) is 0 Å². The third-order valence-corrected chi connectivity index (χ3v) is 2.92. The lowest BCUT2D eigenvalue weighted by molar-refractivity contribution is 0.0672. The van der Waals surface area contributed by atoms with Gasteiger partial charge in [0.15, 0.2) is 0 Å². The Balaban J connectivity index is 2.43. The van der Waals surface area contributed by atoms with Gasteiger partial charge in [-0.15, -0.1) is 0 Å². The Hall–Kier alpha value is -0.810. The Morgan fingerprint density at radius 2 is 2.00 bits per heavy atom. The van der Waals surface area contributed by atoms with Gasteiger partial charge in [-0.25, -0.2) is 0 Å². The maximum Gasteiger partial charge on any atom is 0.137 e. The van der Waals surface area contributed by atoms with Gasteiger partial charge in [-0.2, -0.15) is 0 Å². The summed E-state index contributed by atoms with van der Waals surface area (Å²) in [5.74, 6) is 0.643. The van der Waals surface area contributed by atoms with Gasteiger partial charge in [0, 0.05) is 19.8 Å². The molecule has 1 unspecified atom stereocenters. The van der Waals surface area contributed by atoms with E-state index in [0.717, 1.165) is 12.0 Å². The van der Waals surface area contributed by atoms with Gasteiger partial charge in [0.1, 0.15) is 5.75 Å². The molecule has 0 spiro atoms. The van der Waals surface area contributed by atoms with Crippen LogP contribution in [-0.4, -0.2) is 34.0 Å². The molecular formula is C13H20ClNO3. The number of nitrogens with two attached hydrogens (primary N) is 1. The van der Waals surface area contributed by atoms with Crippen molar-refractivity contribution in [1.29, 1.82) is 0 Å². The highest BCUT2D eigenvalue weighted by Crippen LogP contribution is 2.27. The Morgan fingerprint density at radius 3 is 2.67 bits per heavy atom. The summed E-state index contributed by atoms with van der Waals surface area (Å²) < 4.78 is 15.4. The predicted molar refractivity (Wildman–Crippen MR) is 72.2 cm³/mol. The van der Waals surface area contributed by atoms with Crippen molar-refractivity contribution >= 4 is 11.6 Å². The summed E-state index contributed by atoms with van der Waals surface area (Å²) in [4.78, 5) is 0. The van der Waals surface area contributed by atoms with E-state index in [9.17, 15) is 0 Å². The zero-order chi connectivity index (χ0) is 13.4. The average Bonchev–Trinajstić information content (AvgIpc) is 2.38. The minimum Gasteiger partial charge on any atom is -0.495 e. The lowest BCUT2D eigenvalue weighted by atomic mass is 10.0. The molecule has 1 aromatic carbocycles. The van der Waals surface area contributed by atoms with Crippen LogP contribution >= 0.6 is 11.6 Å². The first-order valence-corrected chi connectivity index (χ1v) is 6.22. The van der Waals surface area contributed by atoms with Gasteiger partial charge in [-0.1, -0.05) is 17.7 Å². The topological polar surface area (TPSA) is 53.7 Å². The quantitative estimate of drug-likeness (QED) is 0.739. The number of rotatable bonds is 8. The third-order valence-electron chi connectivity index (χ3n) is 2.61. The van der Waals surface area contributed by atoms with E-state index >= 15 is 0 Å². The average molecular weight is 274 g/mol. The first kappa shape index (κ1) is 15.2. The fraction of sp³-hybridized carbons (Fsp3) is 0.538. The van der Waals surface area contributed by atoms with Crippen LogP contribution in [0.2, 0.25) is 5.02 Å². The van der Waals surface area contributed by atoms with Crippen LogP contribution in [0.5, 0.6) is 5.75 Å². The SMILES string of the molecule is COCCOCCC(N)c1ccc(Cl)c(OC)c1. The third kappa shape index (κ3) is 4.82. The Morgan fingerprint density at radius 1 is 1.22 bits per heavy atom. The minimum absolute atomic E-state index is 0.0845. The second-order valence-corrected chi connectivity index (χ2v) is 4.30. The highest BCUT2D eigenvalue weighted by Gasteiger charge is 2.09. The van der Waals surface area contributed by atoms with Crippen molar-refractivity contribution in [3.05, 3.63) is 28.8 Å². The first-order valence-electron chi connectivity index (χ1n) is 5.84. The van der Waals surface area contributed by atoms with Gasteiger partial charge in [0.05, 0.1) is 25.3 Å². The molecule has 1 rings (SSSR count). The number of methoxy groups -OCH3 is 2. The predicted octanol–water partition coefficient (Wildman–Crippen LogP) is 2.40. The summed E-state index contributed by atoms with van der Waals surface area (Å²) >= 11 is 5.96. The highest BCUT2D eigenvalue weighted by molar-refractivity contribution is 6.32.